The van der Waals surface area contributed by atoms with Gasteiger partial charge in [-0.2, -0.15) is 5.10 Å². The number of para-hydroxylation sites is 1. The first-order valence-electron chi connectivity index (χ1n) is 11.0. The highest BCUT2D eigenvalue weighted by molar-refractivity contribution is 6.46. The Morgan fingerprint density at radius 3 is 2.53 bits per heavy atom. The van der Waals surface area contributed by atoms with Gasteiger partial charge in [0, 0.05) is 13.1 Å². The summed E-state index contributed by atoms with van der Waals surface area (Å²) in [7, 11) is 5.36. The molecule has 0 spiro atoms. The predicted octanol–water partition coefficient (Wildman–Crippen LogP) is 3.17. The van der Waals surface area contributed by atoms with E-state index >= 15 is 0 Å². The summed E-state index contributed by atoms with van der Waals surface area (Å²) in [6.07, 6.45) is 1.52. The maximum absolute atomic E-state index is 13.2. The fourth-order valence-electron chi connectivity index (χ4n) is 4.19. The lowest BCUT2D eigenvalue weighted by molar-refractivity contribution is -0.140. The van der Waals surface area contributed by atoms with Gasteiger partial charge in [-0.1, -0.05) is 30.3 Å². The van der Waals surface area contributed by atoms with E-state index in [4.69, 9.17) is 4.74 Å². The molecule has 0 bridgehead atoms. The number of aromatic nitrogens is 2. The number of amides is 1. The Balaban J connectivity index is 1.86. The average molecular weight is 461 g/mol. The number of likely N-dealkylation sites (tertiary alicyclic amines) is 1. The first kappa shape index (κ1) is 23.3. The van der Waals surface area contributed by atoms with Crippen LogP contribution < -0.4 is 4.74 Å². The molecule has 1 aliphatic rings. The standard InChI is InChI=1S/C26H28N4O4/c1-17-21(16-27-30(17)19-10-6-5-7-11-19)24(31)22-23(18-9-8-12-20(15-18)34-4)29(14-13-28(2)3)26(33)25(22)32/h5-12,15-16,23,31H,13-14H2,1-4H3/t23-/m0/s1. The Kier molecular flexibility index (Phi) is 6.51. The van der Waals surface area contributed by atoms with Crippen LogP contribution in [0.15, 0.2) is 66.4 Å². The monoisotopic (exact) mass is 460 g/mol. The van der Waals surface area contributed by atoms with E-state index in [1.54, 1.807) is 30.0 Å². The number of nitrogens with zero attached hydrogens (tertiary/aromatic N) is 4. The maximum atomic E-state index is 13.2. The van der Waals surface area contributed by atoms with E-state index in [0.717, 1.165) is 5.69 Å². The van der Waals surface area contributed by atoms with Gasteiger partial charge in [-0.3, -0.25) is 9.59 Å². The summed E-state index contributed by atoms with van der Waals surface area (Å²) in [4.78, 5) is 29.7. The van der Waals surface area contributed by atoms with Gasteiger partial charge in [0.15, 0.2) is 0 Å². The van der Waals surface area contributed by atoms with Crippen LogP contribution in [0.4, 0.5) is 0 Å². The molecule has 1 fully saturated rings. The number of rotatable bonds is 7. The van der Waals surface area contributed by atoms with Crippen LogP contribution in [0.25, 0.3) is 11.4 Å². The summed E-state index contributed by atoms with van der Waals surface area (Å²) < 4.78 is 7.06. The van der Waals surface area contributed by atoms with Crippen LogP contribution in [0.5, 0.6) is 5.75 Å². The lowest BCUT2D eigenvalue weighted by atomic mass is 9.95. The summed E-state index contributed by atoms with van der Waals surface area (Å²) in [5.41, 5.74) is 2.63. The fourth-order valence-corrected chi connectivity index (χ4v) is 4.19. The summed E-state index contributed by atoms with van der Waals surface area (Å²) in [6, 6.07) is 16.0. The molecule has 0 unspecified atom stereocenters. The molecule has 0 aliphatic carbocycles. The molecule has 8 nitrogen and oxygen atoms in total. The number of methoxy groups -OCH3 is 1. The molecule has 1 N–H and O–H groups in total. The average Bonchev–Trinajstić information content (AvgIpc) is 3.35. The van der Waals surface area contributed by atoms with Crippen molar-refractivity contribution in [2.45, 2.75) is 13.0 Å². The molecule has 1 saturated heterocycles. The molecular weight excluding hydrogens is 432 g/mol. The number of hydrogen-bond acceptors (Lipinski definition) is 6. The Morgan fingerprint density at radius 1 is 1.12 bits per heavy atom. The summed E-state index contributed by atoms with van der Waals surface area (Å²) >= 11 is 0. The number of carbonyl (C=O) groups excluding carboxylic acids is 2. The second kappa shape index (κ2) is 9.52. The number of hydrogen-bond donors (Lipinski definition) is 1. The van der Waals surface area contributed by atoms with Crippen molar-refractivity contribution >= 4 is 17.4 Å². The second-order valence-electron chi connectivity index (χ2n) is 8.46. The lowest BCUT2D eigenvalue weighted by Crippen LogP contribution is -2.35. The molecule has 176 valence electrons. The number of benzene rings is 2. The number of aliphatic hydroxyl groups is 1. The largest absolute Gasteiger partial charge is 0.507 e. The van der Waals surface area contributed by atoms with Crippen LogP contribution >= 0.6 is 0 Å². The molecule has 0 radical (unpaired) electrons. The van der Waals surface area contributed by atoms with Crippen LogP contribution in [-0.2, 0) is 9.59 Å². The van der Waals surface area contributed by atoms with Crippen molar-refractivity contribution in [3.05, 3.63) is 83.2 Å². The van der Waals surface area contributed by atoms with E-state index in [1.807, 2.05) is 62.3 Å². The third-order valence-electron chi connectivity index (χ3n) is 6.00. The Bertz CT molecular complexity index is 1250. The van der Waals surface area contributed by atoms with E-state index in [0.29, 0.717) is 35.7 Å². The zero-order valence-electron chi connectivity index (χ0n) is 19.7. The molecule has 1 amide bonds. The van der Waals surface area contributed by atoms with E-state index < -0.39 is 17.7 Å². The van der Waals surface area contributed by atoms with Gasteiger partial charge in [0.05, 0.1) is 41.9 Å². The highest BCUT2D eigenvalue weighted by Gasteiger charge is 2.46. The number of carbonyl (C=O) groups is 2. The van der Waals surface area contributed by atoms with Gasteiger partial charge in [-0.05, 0) is 50.8 Å². The zero-order chi connectivity index (χ0) is 24.4. The second-order valence-corrected chi connectivity index (χ2v) is 8.46. The predicted molar refractivity (Wildman–Crippen MR) is 129 cm³/mol. The molecule has 2 heterocycles. The molecule has 0 saturated carbocycles. The minimum absolute atomic E-state index is 0.0488. The van der Waals surface area contributed by atoms with E-state index in [9.17, 15) is 14.7 Å². The van der Waals surface area contributed by atoms with Gasteiger partial charge >= 0.3 is 0 Å². The minimum atomic E-state index is -0.741. The molecule has 1 aliphatic heterocycles. The van der Waals surface area contributed by atoms with Gasteiger partial charge in [0.2, 0.25) is 0 Å². The van der Waals surface area contributed by atoms with E-state index in [1.165, 1.54) is 11.1 Å². The number of ketones is 1. The van der Waals surface area contributed by atoms with Crippen LogP contribution in [0.3, 0.4) is 0 Å². The molecular formula is C26H28N4O4. The third-order valence-corrected chi connectivity index (χ3v) is 6.00. The molecule has 1 aromatic heterocycles. The quantitative estimate of drug-likeness (QED) is 0.331. The summed E-state index contributed by atoms with van der Waals surface area (Å²) in [5.74, 6) is -0.984. The van der Waals surface area contributed by atoms with Crippen LogP contribution in [0, 0.1) is 6.92 Å². The first-order valence-corrected chi connectivity index (χ1v) is 11.0. The van der Waals surface area contributed by atoms with Gasteiger partial charge in [-0.25, -0.2) is 4.68 Å². The van der Waals surface area contributed by atoms with Crippen molar-refractivity contribution in [1.82, 2.24) is 19.6 Å². The number of Topliss-reactive ketones (excluding diaryl/α,β-unsaturated/α-hetero) is 1. The van der Waals surface area contributed by atoms with Crippen LogP contribution in [0.1, 0.15) is 22.9 Å². The van der Waals surface area contributed by atoms with Gasteiger partial charge in [-0.15, -0.1) is 0 Å². The first-order chi connectivity index (χ1) is 16.3. The lowest BCUT2D eigenvalue weighted by Gasteiger charge is -2.26. The third kappa shape index (κ3) is 4.20. The topological polar surface area (TPSA) is 87.9 Å². The van der Waals surface area contributed by atoms with Gasteiger partial charge < -0.3 is 19.6 Å². The van der Waals surface area contributed by atoms with Gasteiger partial charge in [0.25, 0.3) is 11.7 Å². The molecule has 34 heavy (non-hydrogen) atoms. The van der Waals surface area contributed by atoms with Crippen molar-refractivity contribution in [3.8, 4) is 11.4 Å². The molecule has 4 rings (SSSR count). The molecule has 3 aromatic rings. The van der Waals surface area contributed by atoms with E-state index in [-0.39, 0.29) is 11.3 Å². The molecule has 1 atom stereocenters. The van der Waals surface area contributed by atoms with Crippen LogP contribution in [-0.4, -0.2) is 70.7 Å². The SMILES string of the molecule is COc1cccc([C@H]2C(=C(O)c3cnn(-c4ccccc4)c3C)C(=O)C(=O)N2CCN(C)C)c1. The normalized spacial score (nSPS) is 17.6. The number of likely N-dealkylation sites (N-methyl/N-ethyl adjacent to an activating group) is 1. The highest BCUT2D eigenvalue weighted by Crippen LogP contribution is 2.40. The Hall–Kier alpha value is -3.91. The highest BCUT2D eigenvalue weighted by atomic mass is 16.5. The van der Waals surface area contributed by atoms with Crippen molar-refractivity contribution in [2.24, 2.45) is 0 Å². The minimum Gasteiger partial charge on any atom is -0.507 e. The fraction of sp³-hybridized carbons (Fsp3) is 0.269. The van der Waals surface area contributed by atoms with Gasteiger partial charge in [0.1, 0.15) is 11.5 Å². The van der Waals surface area contributed by atoms with Crippen molar-refractivity contribution in [3.63, 3.8) is 0 Å². The Morgan fingerprint density at radius 2 is 1.85 bits per heavy atom. The number of ether oxygens (including phenoxy) is 1. The molecule has 2 aromatic carbocycles. The summed E-state index contributed by atoms with van der Waals surface area (Å²) in [5, 5.41) is 15.8. The van der Waals surface area contributed by atoms with Crippen molar-refractivity contribution < 1.29 is 19.4 Å². The van der Waals surface area contributed by atoms with E-state index in [2.05, 4.69) is 5.10 Å². The van der Waals surface area contributed by atoms with Crippen molar-refractivity contribution in [2.75, 3.05) is 34.3 Å². The zero-order valence-corrected chi connectivity index (χ0v) is 19.7. The van der Waals surface area contributed by atoms with Crippen LogP contribution in [0.2, 0.25) is 0 Å². The maximum Gasteiger partial charge on any atom is 0.295 e. The van der Waals surface area contributed by atoms with Crippen molar-refractivity contribution in [1.29, 1.82) is 0 Å². The smallest absolute Gasteiger partial charge is 0.295 e. The number of aliphatic hydroxyl groups excluding tert-OH is 1. The summed E-state index contributed by atoms with van der Waals surface area (Å²) in [6.45, 7) is 2.72. The Labute approximate surface area is 198 Å². The molecule has 8 heteroatoms.